The predicted molar refractivity (Wildman–Crippen MR) is 65.5 cm³/mol. The van der Waals surface area contributed by atoms with Gasteiger partial charge in [0.2, 0.25) is 5.91 Å². The Morgan fingerprint density at radius 3 is 2.75 bits per heavy atom. The summed E-state index contributed by atoms with van der Waals surface area (Å²) in [5.41, 5.74) is 1.89. The summed E-state index contributed by atoms with van der Waals surface area (Å²) in [6.45, 7) is 5.63. The Bertz CT molecular complexity index is 527. The minimum atomic E-state index is -0.411. The van der Waals surface area contributed by atoms with Gasteiger partial charge < -0.3 is 5.32 Å². The molecule has 1 heterocycles. The summed E-state index contributed by atoms with van der Waals surface area (Å²) in [4.78, 5) is 11.8. The molecule has 0 aliphatic carbocycles. The van der Waals surface area contributed by atoms with Gasteiger partial charge in [-0.3, -0.25) is 4.79 Å². The highest BCUT2D eigenvalue weighted by Crippen LogP contribution is 2.23. The molecule has 0 spiro atoms. The maximum Gasteiger partial charge on any atom is 0.229 e. The fraction of sp³-hybridized carbons (Fsp3) is 0.364. The second kappa shape index (κ2) is 3.83. The second-order valence-electron chi connectivity index (χ2n) is 4.64. The molecule has 0 aliphatic heterocycles. The minimum Gasteiger partial charge on any atom is -0.324 e. The zero-order chi connectivity index (χ0) is 11.8. The third-order valence-electron chi connectivity index (χ3n) is 2.22. The lowest BCUT2D eigenvalue weighted by Crippen LogP contribution is -2.27. The summed E-state index contributed by atoms with van der Waals surface area (Å²) >= 11 is 1.15. The number of carbonyl (C=O) groups is 1. The molecule has 1 N–H and O–H groups in total. The molecule has 1 amide bonds. The number of carbonyl (C=O) groups excluding carboxylic acids is 1. The summed E-state index contributed by atoms with van der Waals surface area (Å²) in [6, 6.07) is 5.58. The fourth-order valence-corrected chi connectivity index (χ4v) is 1.77. The SMILES string of the molecule is CC(C)(C)C(=O)Nc1cccc2nsnc12. The van der Waals surface area contributed by atoms with Crippen LogP contribution in [0, 0.1) is 5.41 Å². The summed E-state index contributed by atoms with van der Waals surface area (Å²) < 4.78 is 8.30. The molecule has 0 unspecified atom stereocenters. The number of aromatic nitrogens is 2. The van der Waals surface area contributed by atoms with Crippen LogP contribution in [0.4, 0.5) is 5.69 Å². The van der Waals surface area contributed by atoms with E-state index in [2.05, 4.69) is 14.1 Å². The number of nitrogens with one attached hydrogen (secondary N) is 1. The van der Waals surface area contributed by atoms with E-state index in [4.69, 9.17) is 0 Å². The Labute approximate surface area is 98.0 Å². The van der Waals surface area contributed by atoms with Crippen molar-refractivity contribution >= 4 is 34.4 Å². The van der Waals surface area contributed by atoms with Crippen LogP contribution < -0.4 is 5.32 Å². The van der Waals surface area contributed by atoms with E-state index in [1.807, 2.05) is 39.0 Å². The maximum absolute atomic E-state index is 11.8. The predicted octanol–water partition coefficient (Wildman–Crippen LogP) is 2.68. The number of rotatable bonds is 1. The molecule has 0 fully saturated rings. The second-order valence-corrected chi connectivity index (χ2v) is 5.17. The van der Waals surface area contributed by atoms with Crippen LogP contribution in [0.3, 0.4) is 0 Å². The van der Waals surface area contributed by atoms with Crippen molar-refractivity contribution < 1.29 is 4.79 Å². The number of anilines is 1. The van der Waals surface area contributed by atoms with Gasteiger partial charge in [-0.15, -0.1) is 0 Å². The number of benzene rings is 1. The quantitative estimate of drug-likeness (QED) is 0.826. The van der Waals surface area contributed by atoms with Crippen molar-refractivity contribution in [1.82, 2.24) is 8.75 Å². The number of hydrogen-bond donors (Lipinski definition) is 1. The smallest absolute Gasteiger partial charge is 0.229 e. The van der Waals surface area contributed by atoms with E-state index in [0.717, 1.165) is 28.4 Å². The number of hydrogen-bond acceptors (Lipinski definition) is 4. The Morgan fingerprint density at radius 2 is 2.06 bits per heavy atom. The van der Waals surface area contributed by atoms with Gasteiger partial charge in [-0.05, 0) is 12.1 Å². The zero-order valence-corrected chi connectivity index (χ0v) is 10.3. The number of nitrogens with zero attached hydrogens (tertiary/aromatic N) is 2. The van der Waals surface area contributed by atoms with Crippen molar-refractivity contribution in [1.29, 1.82) is 0 Å². The van der Waals surface area contributed by atoms with Gasteiger partial charge in [0.25, 0.3) is 0 Å². The molecular weight excluding hydrogens is 222 g/mol. The molecule has 1 aromatic heterocycles. The standard InChI is InChI=1S/C11H13N3OS/c1-11(2,3)10(15)12-7-5-4-6-8-9(7)14-16-13-8/h4-6H,1-3H3,(H,12,15). The van der Waals surface area contributed by atoms with Crippen molar-refractivity contribution in [2.75, 3.05) is 5.32 Å². The van der Waals surface area contributed by atoms with E-state index in [0.29, 0.717) is 0 Å². The van der Waals surface area contributed by atoms with Gasteiger partial charge in [-0.2, -0.15) is 8.75 Å². The van der Waals surface area contributed by atoms with Crippen molar-refractivity contribution in [3.05, 3.63) is 18.2 Å². The first kappa shape index (κ1) is 11.0. The Hall–Kier alpha value is -1.49. The Balaban J connectivity index is 2.35. The normalized spacial score (nSPS) is 11.7. The van der Waals surface area contributed by atoms with Crippen molar-refractivity contribution in [3.63, 3.8) is 0 Å². The lowest BCUT2D eigenvalue weighted by Gasteiger charge is -2.17. The van der Waals surface area contributed by atoms with Crippen LogP contribution in [-0.4, -0.2) is 14.7 Å². The summed E-state index contributed by atoms with van der Waals surface area (Å²) in [5, 5.41) is 2.88. The van der Waals surface area contributed by atoms with E-state index in [9.17, 15) is 4.79 Å². The van der Waals surface area contributed by atoms with Crippen LogP contribution in [0.15, 0.2) is 18.2 Å². The monoisotopic (exact) mass is 235 g/mol. The topological polar surface area (TPSA) is 54.9 Å². The minimum absolute atomic E-state index is 0.0204. The van der Waals surface area contributed by atoms with Crippen LogP contribution in [0.5, 0.6) is 0 Å². The molecular formula is C11H13N3OS. The largest absolute Gasteiger partial charge is 0.324 e. The maximum atomic E-state index is 11.8. The molecule has 0 aliphatic rings. The van der Waals surface area contributed by atoms with Crippen LogP contribution >= 0.6 is 11.7 Å². The molecule has 1 aromatic carbocycles. The van der Waals surface area contributed by atoms with Crippen molar-refractivity contribution in [2.45, 2.75) is 20.8 Å². The Morgan fingerprint density at radius 1 is 1.31 bits per heavy atom. The molecule has 2 rings (SSSR count). The van der Waals surface area contributed by atoms with E-state index >= 15 is 0 Å². The molecule has 0 radical (unpaired) electrons. The molecule has 0 saturated carbocycles. The lowest BCUT2D eigenvalue weighted by atomic mass is 9.95. The molecule has 84 valence electrons. The molecule has 4 nitrogen and oxygen atoms in total. The molecule has 0 saturated heterocycles. The van der Waals surface area contributed by atoms with Crippen LogP contribution in [0.25, 0.3) is 11.0 Å². The van der Waals surface area contributed by atoms with Crippen molar-refractivity contribution in [3.8, 4) is 0 Å². The average molecular weight is 235 g/mol. The van der Waals surface area contributed by atoms with E-state index in [1.165, 1.54) is 0 Å². The summed E-state index contributed by atoms with van der Waals surface area (Å²) in [6.07, 6.45) is 0. The van der Waals surface area contributed by atoms with Gasteiger partial charge in [0.15, 0.2) is 0 Å². The molecule has 16 heavy (non-hydrogen) atoms. The average Bonchev–Trinajstić information content (AvgIpc) is 2.65. The molecule has 2 aromatic rings. The fourth-order valence-electron chi connectivity index (χ4n) is 1.22. The first-order chi connectivity index (χ1) is 7.48. The Kier molecular flexibility index (Phi) is 2.63. The number of amides is 1. The van der Waals surface area contributed by atoms with Crippen molar-refractivity contribution in [2.24, 2.45) is 5.41 Å². The van der Waals surface area contributed by atoms with Gasteiger partial charge in [0, 0.05) is 5.41 Å². The van der Waals surface area contributed by atoms with Gasteiger partial charge in [0.05, 0.1) is 17.4 Å². The highest BCUT2D eigenvalue weighted by Gasteiger charge is 2.22. The lowest BCUT2D eigenvalue weighted by molar-refractivity contribution is -0.123. The van der Waals surface area contributed by atoms with Gasteiger partial charge in [0.1, 0.15) is 11.0 Å². The van der Waals surface area contributed by atoms with Crippen LogP contribution in [-0.2, 0) is 4.79 Å². The van der Waals surface area contributed by atoms with Crippen LogP contribution in [0.1, 0.15) is 20.8 Å². The summed E-state index contributed by atoms with van der Waals surface area (Å²) in [5.74, 6) is -0.0204. The van der Waals surface area contributed by atoms with E-state index < -0.39 is 5.41 Å². The highest BCUT2D eigenvalue weighted by atomic mass is 32.1. The molecule has 0 atom stereocenters. The first-order valence-corrected chi connectivity index (χ1v) is 5.74. The van der Waals surface area contributed by atoms with Gasteiger partial charge >= 0.3 is 0 Å². The van der Waals surface area contributed by atoms with Gasteiger partial charge in [-0.1, -0.05) is 26.8 Å². The van der Waals surface area contributed by atoms with Crippen LogP contribution in [0.2, 0.25) is 0 Å². The zero-order valence-electron chi connectivity index (χ0n) is 9.44. The molecule has 0 bridgehead atoms. The molecule has 5 heteroatoms. The third kappa shape index (κ3) is 2.04. The first-order valence-electron chi connectivity index (χ1n) is 5.01. The third-order valence-corrected chi connectivity index (χ3v) is 2.76. The van der Waals surface area contributed by atoms with Gasteiger partial charge in [-0.25, -0.2) is 0 Å². The van der Waals surface area contributed by atoms with E-state index in [1.54, 1.807) is 0 Å². The van der Waals surface area contributed by atoms with E-state index in [-0.39, 0.29) is 5.91 Å². The summed E-state index contributed by atoms with van der Waals surface area (Å²) in [7, 11) is 0. The number of fused-ring (bicyclic) bond motifs is 1. The highest BCUT2D eigenvalue weighted by molar-refractivity contribution is 7.00.